The summed E-state index contributed by atoms with van der Waals surface area (Å²) in [6.45, 7) is 4.62. The van der Waals surface area contributed by atoms with Crippen molar-refractivity contribution in [3.8, 4) is 0 Å². The number of aliphatic hydroxyl groups is 1. The van der Waals surface area contributed by atoms with Gasteiger partial charge in [-0.2, -0.15) is 0 Å². The van der Waals surface area contributed by atoms with E-state index in [0.717, 1.165) is 0 Å². The molecule has 3 aliphatic rings. The number of hydrogen-bond donors (Lipinski definition) is 1. The van der Waals surface area contributed by atoms with E-state index in [-0.39, 0.29) is 24.5 Å². The van der Waals surface area contributed by atoms with Crippen LogP contribution in [-0.2, 0) is 23.8 Å². The molecule has 1 heterocycles. The summed E-state index contributed by atoms with van der Waals surface area (Å²) < 4.78 is 16.7. The molecule has 22 heavy (non-hydrogen) atoms. The van der Waals surface area contributed by atoms with Crippen molar-refractivity contribution in [2.24, 2.45) is 16.7 Å². The van der Waals surface area contributed by atoms with Gasteiger partial charge >= 0.3 is 5.97 Å². The molecule has 0 radical (unpaired) electrons. The van der Waals surface area contributed by atoms with E-state index in [0.29, 0.717) is 26.1 Å². The van der Waals surface area contributed by atoms with E-state index in [1.165, 1.54) is 7.11 Å². The first-order valence-electron chi connectivity index (χ1n) is 7.86. The van der Waals surface area contributed by atoms with Gasteiger partial charge in [-0.1, -0.05) is 6.92 Å². The molecule has 0 amide bonds. The number of aliphatic hydroxyl groups excluding tert-OH is 1. The molecular formula is C16H24O6. The van der Waals surface area contributed by atoms with E-state index >= 15 is 0 Å². The third-order valence-corrected chi connectivity index (χ3v) is 6.23. The lowest BCUT2D eigenvalue weighted by Gasteiger charge is -2.60. The van der Waals surface area contributed by atoms with Crippen LogP contribution in [0.2, 0.25) is 0 Å². The van der Waals surface area contributed by atoms with Crippen molar-refractivity contribution in [3.05, 3.63) is 0 Å². The molecule has 0 aromatic carbocycles. The minimum Gasteiger partial charge on any atom is -0.469 e. The van der Waals surface area contributed by atoms with Gasteiger partial charge in [0, 0.05) is 11.8 Å². The molecule has 0 bridgehead atoms. The second kappa shape index (κ2) is 5.01. The lowest BCUT2D eigenvalue weighted by atomic mass is 9.48. The Kier molecular flexibility index (Phi) is 3.62. The van der Waals surface area contributed by atoms with E-state index in [9.17, 15) is 14.7 Å². The molecular weight excluding hydrogens is 288 g/mol. The zero-order valence-electron chi connectivity index (χ0n) is 13.4. The van der Waals surface area contributed by atoms with Gasteiger partial charge in [0.1, 0.15) is 5.78 Å². The Bertz CT molecular complexity index is 497. The maximum Gasteiger partial charge on any atom is 0.314 e. The third kappa shape index (κ3) is 1.83. The SMILES string of the molecule is COC(=O)[C@@]1(C)[C@@H](O)CC[C@@]2(C)[C@H]1CC(=O)CC21OCCO1. The lowest BCUT2D eigenvalue weighted by Crippen LogP contribution is -2.66. The van der Waals surface area contributed by atoms with Crippen LogP contribution in [-0.4, -0.2) is 49.1 Å². The molecule has 0 aromatic heterocycles. The second-order valence-corrected chi connectivity index (χ2v) is 7.17. The first kappa shape index (κ1) is 15.9. The third-order valence-electron chi connectivity index (χ3n) is 6.23. The normalized spacial score (nSPS) is 43.9. The van der Waals surface area contributed by atoms with Crippen LogP contribution < -0.4 is 0 Å². The van der Waals surface area contributed by atoms with E-state index in [1.54, 1.807) is 6.92 Å². The summed E-state index contributed by atoms with van der Waals surface area (Å²) in [5, 5.41) is 10.5. The number of ketones is 1. The van der Waals surface area contributed by atoms with E-state index in [2.05, 4.69) is 0 Å². The van der Waals surface area contributed by atoms with Gasteiger partial charge in [-0.05, 0) is 25.7 Å². The van der Waals surface area contributed by atoms with E-state index < -0.39 is 28.7 Å². The van der Waals surface area contributed by atoms with Crippen LogP contribution in [0.5, 0.6) is 0 Å². The first-order chi connectivity index (χ1) is 10.3. The molecule has 2 saturated carbocycles. The Morgan fingerprint density at radius 2 is 1.95 bits per heavy atom. The van der Waals surface area contributed by atoms with Gasteiger partial charge in [-0.15, -0.1) is 0 Å². The minimum absolute atomic E-state index is 0.00797. The molecule has 6 heteroatoms. The fourth-order valence-corrected chi connectivity index (χ4v) is 4.84. The first-order valence-corrected chi connectivity index (χ1v) is 7.86. The number of carbonyl (C=O) groups is 2. The average Bonchev–Trinajstić information content (AvgIpc) is 2.95. The summed E-state index contributed by atoms with van der Waals surface area (Å²) in [5.74, 6) is -1.80. The highest BCUT2D eigenvalue weighted by Gasteiger charge is 2.69. The average molecular weight is 312 g/mol. The molecule has 1 N–H and O–H groups in total. The maximum atomic E-state index is 12.4. The number of hydrogen-bond acceptors (Lipinski definition) is 6. The smallest absolute Gasteiger partial charge is 0.314 e. The van der Waals surface area contributed by atoms with Gasteiger partial charge in [0.15, 0.2) is 5.79 Å². The van der Waals surface area contributed by atoms with Crippen LogP contribution in [0.4, 0.5) is 0 Å². The van der Waals surface area contributed by atoms with Crippen molar-refractivity contribution in [1.29, 1.82) is 0 Å². The highest BCUT2D eigenvalue weighted by Crippen LogP contribution is 2.63. The quantitative estimate of drug-likeness (QED) is 0.729. The summed E-state index contributed by atoms with van der Waals surface area (Å²) in [6.07, 6.45) is 0.739. The predicted octanol–water partition coefficient (Wildman–Crippen LogP) is 1.05. The zero-order chi connectivity index (χ0) is 16.2. The molecule has 124 valence electrons. The summed E-state index contributed by atoms with van der Waals surface area (Å²) in [7, 11) is 1.31. The Morgan fingerprint density at radius 3 is 2.55 bits per heavy atom. The van der Waals surface area contributed by atoms with Crippen molar-refractivity contribution < 1.29 is 28.9 Å². The summed E-state index contributed by atoms with van der Waals surface area (Å²) in [4.78, 5) is 24.8. The van der Waals surface area contributed by atoms with Crippen LogP contribution in [0.15, 0.2) is 0 Å². The van der Waals surface area contributed by atoms with E-state index in [4.69, 9.17) is 14.2 Å². The number of ether oxygens (including phenoxy) is 3. The Hall–Kier alpha value is -0.980. The van der Waals surface area contributed by atoms with Crippen LogP contribution in [0.1, 0.15) is 39.5 Å². The zero-order valence-corrected chi connectivity index (χ0v) is 13.4. The number of rotatable bonds is 1. The van der Waals surface area contributed by atoms with Gasteiger partial charge in [0.2, 0.25) is 0 Å². The van der Waals surface area contributed by atoms with Gasteiger partial charge < -0.3 is 19.3 Å². The predicted molar refractivity (Wildman–Crippen MR) is 75.8 cm³/mol. The van der Waals surface area contributed by atoms with Crippen LogP contribution in [0.3, 0.4) is 0 Å². The fraction of sp³-hybridized carbons (Fsp3) is 0.875. The summed E-state index contributed by atoms with van der Waals surface area (Å²) in [6, 6.07) is 0. The van der Waals surface area contributed by atoms with E-state index in [1.807, 2.05) is 6.92 Å². The van der Waals surface area contributed by atoms with Crippen LogP contribution >= 0.6 is 0 Å². The molecule has 3 fully saturated rings. The topological polar surface area (TPSA) is 82.1 Å². The van der Waals surface area contributed by atoms with Crippen molar-refractivity contribution in [2.45, 2.75) is 51.4 Å². The molecule has 1 saturated heterocycles. The molecule has 2 aliphatic carbocycles. The molecule has 3 rings (SSSR count). The molecule has 1 aliphatic heterocycles. The van der Waals surface area contributed by atoms with Gasteiger partial charge in [0.25, 0.3) is 0 Å². The van der Waals surface area contributed by atoms with Crippen LogP contribution in [0.25, 0.3) is 0 Å². The Balaban J connectivity index is 2.09. The lowest BCUT2D eigenvalue weighted by molar-refractivity contribution is -0.291. The summed E-state index contributed by atoms with van der Waals surface area (Å²) in [5.41, 5.74) is -1.63. The largest absolute Gasteiger partial charge is 0.469 e. The number of Topliss-reactive ketones (excluding diaryl/α,β-unsaturated/α-hetero) is 1. The highest BCUT2D eigenvalue weighted by molar-refractivity contribution is 5.84. The second-order valence-electron chi connectivity index (χ2n) is 7.17. The Labute approximate surface area is 130 Å². The van der Waals surface area contributed by atoms with Crippen molar-refractivity contribution in [2.75, 3.05) is 20.3 Å². The maximum absolute atomic E-state index is 12.4. The molecule has 6 nitrogen and oxygen atoms in total. The number of esters is 1. The molecule has 1 spiro atoms. The molecule has 0 aromatic rings. The fourth-order valence-electron chi connectivity index (χ4n) is 4.84. The van der Waals surface area contributed by atoms with Gasteiger partial charge in [-0.3, -0.25) is 9.59 Å². The van der Waals surface area contributed by atoms with Crippen molar-refractivity contribution in [1.82, 2.24) is 0 Å². The number of fused-ring (bicyclic) bond motifs is 2. The van der Waals surface area contributed by atoms with Gasteiger partial charge in [0.05, 0.1) is 38.3 Å². The monoisotopic (exact) mass is 312 g/mol. The molecule has 0 unspecified atom stereocenters. The highest BCUT2D eigenvalue weighted by atomic mass is 16.7. The number of carbonyl (C=O) groups excluding carboxylic acids is 2. The van der Waals surface area contributed by atoms with Crippen molar-refractivity contribution >= 4 is 11.8 Å². The minimum atomic E-state index is -1.12. The van der Waals surface area contributed by atoms with Gasteiger partial charge in [-0.25, -0.2) is 0 Å². The van der Waals surface area contributed by atoms with Crippen LogP contribution in [0, 0.1) is 16.7 Å². The van der Waals surface area contributed by atoms with Crippen molar-refractivity contribution in [3.63, 3.8) is 0 Å². The Morgan fingerprint density at radius 1 is 1.32 bits per heavy atom. The standard InChI is InChI=1S/C16H24O6/c1-14-5-4-12(18)15(2,13(19)20-3)11(14)8-10(17)9-16(14)21-6-7-22-16/h11-12,18H,4-9H2,1-3H3/t11-,12+,14+,15-/m1/s1. The number of methoxy groups -OCH3 is 1. The summed E-state index contributed by atoms with van der Waals surface area (Å²) >= 11 is 0. The molecule has 4 atom stereocenters.